The number of hydrogen-bond acceptors (Lipinski definition) is 5. The van der Waals surface area contributed by atoms with E-state index in [1.807, 2.05) is 0 Å². The molecule has 26 heavy (non-hydrogen) atoms. The number of nitrogens with one attached hydrogen (secondary N) is 1. The number of anilines is 2. The minimum absolute atomic E-state index is 0.0110. The standard InChI is InChI=1S/C16H14F3N3O3S/c17-16(18,19)25-12-4-1-3-10(7-12)20-13(23)8-11-9-26-15(21-11)22-6-2-5-14(22)24/h1,3-4,7,9H,2,5-6,8H2,(H,20,23). The van der Waals surface area contributed by atoms with Gasteiger partial charge >= 0.3 is 6.36 Å². The molecule has 2 amide bonds. The minimum Gasteiger partial charge on any atom is -0.406 e. The maximum absolute atomic E-state index is 12.2. The molecule has 10 heteroatoms. The number of aromatic nitrogens is 1. The van der Waals surface area contributed by atoms with Gasteiger partial charge in [-0.3, -0.25) is 14.5 Å². The molecule has 3 rings (SSSR count). The van der Waals surface area contributed by atoms with Crippen LogP contribution >= 0.6 is 11.3 Å². The Kier molecular flexibility index (Phi) is 5.12. The summed E-state index contributed by atoms with van der Waals surface area (Å²) in [5.41, 5.74) is 0.673. The Morgan fingerprint density at radius 2 is 2.19 bits per heavy atom. The third-order valence-electron chi connectivity index (χ3n) is 3.54. The predicted octanol–water partition coefficient (Wildman–Crippen LogP) is 3.35. The van der Waals surface area contributed by atoms with Crippen molar-refractivity contribution in [1.82, 2.24) is 4.98 Å². The van der Waals surface area contributed by atoms with Crippen LogP contribution in [0.5, 0.6) is 5.75 Å². The van der Waals surface area contributed by atoms with Gasteiger partial charge in [-0.05, 0) is 18.6 Å². The molecule has 1 aliphatic rings. The number of carbonyl (C=O) groups is 2. The number of carbonyl (C=O) groups excluding carboxylic acids is 2. The van der Waals surface area contributed by atoms with Crippen molar-refractivity contribution >= 4 is 34.0 Å². The zero-order valence-corrected chi connectivity index (χ0v) is 14.2. The lowest BCUT2D eigenvalue weighted by Gasteiger charge is -2.11. The zero-order valence-electron chi connectivity index (χ0n) is 13.4. The van der Waals surface area contributed by atoms with E-state index in [0.717, 1.165) is 18.6 Å². The number of rotatable bonds is 5. The number of alkyl halides is 3. The van der Waals surface area contributed by atoms with Crippen molar-refractivity contribution in [2.45, 2.75) is 25.6 Å². The summed E-state index contributed by atoms with van der Waals surface area (Å²) >= 11 is 1.28. The van der Waals surface area contributed by atoms with Gasteiger partial charge in [0.25, 0.3) is 0 Å². The molecule has 2 heterocycles. The van der Waals surface area contributed by atoms with Gasteiger partial charge in [0, 0.05) is 30.1 Å². The molecular weight excluding hydrogens is 371 g/mol. The topological polar surface area (TPSA) is 71.5 Å². The van der Waals surface area contributed by atoms with Crippen LogP contribution in [0.3, 0.4) is 0 Å². The lowest BCUT2D eigenvalue weighted by atomic mass is 10.2. The number of hydrogen-bond donors (Lipinski definition) is 1. The van der Waals surface area contributed by atoms with Crippen LogP contribution in [0, 0.1) is 0 Å². The second kappa shape index (κ2) is 7.32. The van der Waals surface area contributed by atoms with E-state index >= 15 is 0 Å². The lowest BCUT2D eigenvalue weighted by molar-refractivity contribution is -0.274. The fourth-order valence-corrected chi connectivity index (χ4v) is 3.36. The second-order valence-corrected chi connectivity index (χ2v) is 6.41. The van der Waals surface area contributed by atoms with Crippen LogP contribution in [0.1, 0.15) is 18.5 Å². The van der Waals surface area contributed by atoms with Gasteiger partial charge < -0.3 is 10.1 Å². The van der Waals surface area contributed by atoms with E-state index < -0.39 is 18.0 Å². The maximum Gasteiger partial charge on any atom is 0.573 e. The molecule has 0 atom stereocenters. The molecule has 138 valence electrons. The number of amides is 2. The number of benzene rings is 1. The number of ether oxygens (including phenoxy) is 1. The van der Waals surface area contributed by atoms with Gasteiger partial charge in [0.2, 0.25) is 11.8 Å². The summed E-state index contributed by atoms with van der Waals surface area (Å²) in [5.74, 6) is -0.839. The Morgan fingerprint density at radius 1 is 1.38 bits per heavy atom. The molecule has 0 saturated carbocycles. The van der Waals surface area contributed by atoms with Crippen LogP contribution in [0.25, 0.3) is 0 Å². The normalized spacial score (nSPS) is 14.6. The highest BCUT2D eigenvalue weighted by Crippen LogP contribution is 2.27. The van der Waals surface area contributed by atoms with E-state index in [2.05, 4.69) is 15.0 Å². The van der Waals surface area contributed by atoms with E-state index in [9.17, 15) is 22.8 Å². The van der Waals surface area contributed by atoms with Crippen LogP contribution in [0.4, 0.5) is 24.0 Å². The maximum atomic E-state index is 12.2. The highest BCUT2D eigenvalue weighted by atomic mass is 32.1. The minimum atomic E-state index is -4.80. The average molecular weight is 385 g/mol. The molecule has 0 unspecified atom stereocenters. The fourth-order valence-electron chi connectivity index (χ4n) is 2.49. The van der Waals surface area contributed by atoms with Gasteiger partial charge in [0.05, 0.1) is 12.1 Å². The van der Waals surface area contributed by atoms with E-state index in [1.54, 1.807) is 10.3 Å². The van der Waals surface area contributed by atoms with E-state index in [0.29, 0.717) is 23.8 Å². The summed E-state index contributed by atoms with van der Waals surface area (Å²) in [4.78, 5) is 29.6. The van der Waals surface area contributed by atoms with E-state index in [4.69, 9.17) is 0 Å². The average Bonchev–Trinajstić information content (AvgIpc) is 3.14. The van der Waals surface area contributed by atoms with Gasteiger partial charge in [-0.1, -0.05) is 6.07 Å². The number of nitrogens with zero attached hydrogens (tertiary/aromatic N) is 2. The largest absolute Gasteiger partial charge is 0.573 e. The van der Waals surface area contributed by atoms with Crippen LogP contribution in [-0.2, 0) is 16.0 Å². The Morgan fingerprint density at radius 3 is 2.88 bits per heavy atom. The number of thiazole rings is 1. The molecule has 0 bridgehead atoms. The molecule has 1 aromatic carbocycles. The van der Waals surface area contributed by atoms with Crippen molar-refractivity contribution in [3.05, 3.63) is 35.3 Å². The van der Waals surface area contributed by atoms with Gasteiger partial charge in [-0.2, -0.15) is 0 Å². The molecule has 0 aliphatic carbocycles. The van der Waals surface area contributed by atoms with Gasteiger partial charge in [-0.15, -0.1) is 24.5 Å². The van der Waals surface area contributed by atoms with Crippen LogP contribution in [0.15, 0.2) is 29.6 Å². The molecule has 0 spiro atoms. The van der Waals surface area contributed by atoms with Crippen molar-refractivity contribution in [2.24, 2.45) is 0 Å². The molecule has 1 fully saturated rings. The first-order valence-electron chi connectivity index (χ1n) is 7.70. The van der Waals surface area contributed by atoms with Crippen molar-refractivity contribution < 1.29 is 27.5 Å². The van der Waals surface area contributed by atoms with Crippen molar-refractivity contribution in [2.75, 3.05) is 16.8 Å². The molecule has 1 N–H and O–H groups in total. The third kappa shape index (κ3) is 4.72. The molecular formula is C16H14F3N3O3S. The summed E-state index contributed by atoms with van der Waals surface area (Å²) in [5, 5.41) is 4.74. The first-order chi connectivity index (χ1) is 12.3. The van der Waals surface area contributed by atoms with Gasteiger partial charge in [0.15, 0.2) is 5.13 Å². The molecule has 1 saturated heterocycles. The summed E-state index contributed by atoms with van der Waals surface area (Å²) in [6.45, 7) is 0.615. The van der Waals surface area contributed by atoms with Gasteiger partial charge in [0.1, 0.15) is 5.75 Å². The first-order valence-corrected chi connectivity index (χ1v) is 8.58. The monoisotopic (exact) mass is 385 g/mol. The Bertz CT molecular complexity index is 822. The first kappa shape index (κ1) is 18.2. The summed E-state index contributed by atoms with van der Waals surface area (Å²) < 4.78 is 40.5. The summed E-state index contributed by atoms with van der Waals surface area (Å²) in [6, 6.07) is 5.02. The lowest BCUT2D eigenvalue weighted by Crippen LogP contribution is -2.23. The quantitative estimate of drug-likeness (QED) is 0.857. The molecule has 0 radical (unpaired) electrons. The van der Waals surface area contributed by atoms with Gasteiger partial charge in [-0.25, -0.2) is 4.98 Å². The summed E-state index contributed by atoms with van der Waals surface area (Å²) in [6.07, 6.45) is -3.58. The molecule has 1 aliphatic heterocycles. The van der Waals surface area contributed by atoms with Crippen LogP contribution in [-0.4, -0.2) is 29.7 Å². The highest BCUT2D eigenvalue weighted by molar-refractivity contribution is 7.14. The SMILES string of the molecule is O=C(Cc1csc(N2CCCC2=O)n1)Nc1cccc(OC(F)(F)F)c1. The van der Waals surface area contributed by atoms with Crippen LogP contribution in [0.2, 0.25) is 0 Å². The molecule has 1 aromatic heterocycles. The Balaban J connectivity index is 1.60. The highest BCUT2D eigenvalue weighted by Gasteiger charge is 2.31. The number of halogens is 3. The fraction of sp³-hybridized carbons (Fsp3) is 0.312. The second-order valence-electron chi connectivity index (χ2n) is 5.57. The summed E-state index contributed by atoms with van der Waals surface area (Å²) in [7, 11) is 0. The zero-order chi connectivity index (χ0) is 18.7. The van der Waals surface area contributed by atoms with E-state index in [1.165, 1.54) is 23.5 Å². The third-order valence-corrected chi connectivity index (χ3v) is 4.45. The van der Waals surface area contributed by atoms with E-state index in [-0.39, 0.29) is 18.0 Å². The van der Waals surface area contributed by atoms with Crippen molar-refractivity contribution in [1.29, 1.82) is 0 Å². The molecule has 2 aromatic rings. The molecule has 6 nitrogen and oxygen atoms in total. The smallest absolute Gasteiger partial charge is 0.406 e. The van der Waals surface area contributed by atoms with Crippen LogP contribution < -0.4 is 15.0 Å². The Labute approximate surface area is 150 Å². The van der Waals surface area contributed by atoms with Crippen molar-refractivity contribution in [3.63, 3.8) is 0 Å². The predicted molar refractivity (Wildman–Crippen MR) is 89.2 cm³/mol. The van der Waals surface area contributed by atoms with Crippen molar-refractivity contribution in [3.8, 4) is 5.75 Å². The Hall–Kier alpha value is -2.62.